The number of aliphatic hydroxyl groups excluding tert-OH is 1. The minimum absolute atomic E-state index is 0.0620. The number of nitrogens with zero attached hydrogens (tertiary/aromatic N) is 2. The molecule has 1 aromatic heterocycles. The van der Waals surface area contributed by atoms with Crippen LogP contribution in [0.4, 0.5) is 4.39 Å². The smallest absolute Gasteiger partial charge is 0.141 e. The third-order valence-electron chi connectivity index (χ3n) is 3.74. The van der Waals surface area contributed by atoms with Crippen molar-refractivity contribution in [1.82, 2.24) is 9.88 Å². The molecule has 0 spiro atoms. The van der Waals surface area contributed by atoms with Gasteiger partial charge in [0.25, 0.3) is 0 Å². The molecular formula is C15H25FN2O. The quantitative estimate of drug-likeness (QED) is 0.826. The van der Waals surface area contributed by atoms with Crippen molar-refractivity contribution >= 4 is 0 Å². The summed E-state index contributed by atoms with van der Waals surface area (Å²) < 4.78 is 12.8. The second-order valence-electron chi connectivity index (χ2n) is 5.17. The van der Waals surface area contributed by atoms with E-state index in [9.17, 15) is 9.50 Å². The summed E-state index contributed by atoms with van der Waals surface area (Å²) in [5, 5.41) is 10.3. The van der Waals surface area contributed by atoms with Crippen molar-refractivity contribution in [2.45, 2.75) is 46.3 Å². The first kappa shape index (κ1) is 16.1. The summed E-state index contributed by atoms with van der Waals surface area (Å²) in [6, 6.07) is 3.39. The summed E-state index contributed by atoms with van der Waals surface area (Å²) in [5.41, 5.74) is 0.536. The Morgan fingerprint density at radius 2 is 2.00 bits per heavy atom. The number of hydrogen-bond donors (Lipinski definition) is 1. The van der Waals surface area contributed by atoms with Crippen LogP contribution in [0.25, 0.3) is 0 Å². The molecular weight excluding hydrogens is 243 g/mol. The summed E-state index contributed by atoms with van der Waals surface area (Å²) in [4.78, 5) is 6.30. The second kappa shape index (κ2) is 7.56. The van der Waals surface area contributed by atoms with E-state index in [-0.39, 0.29) is 11.7 Å². The van der Waals surface area contributed by atoms with Crippen molar-refractivity contribution in [1.29, 1.82) is 0 Å². The van der Waals surface area contributed by atoms with Crippen LogP contribution >= 0.6 is 0 Å². The van der Waals surface area contributed by atoms with E-state index in [0.29, 0.717) is 11.7 Å². The zero-order valence-electron chi connectivity index (χ0n) is 12.3. The Morgan fingerprint density at radius 1 is 1.32 bits per heavy atom. The molecule has 1 aromatic rings. The Balaban J connectivity index is 2.65. The SMILES string of the molecule is CCC(C)N(CC)CC(C)C(O)c1ccc(F)cn1. The average molecular weight is 268 g/mol. The molecule has 0 bridgehead atoms. The zero-order chi connectivity index (χ0) is 14.4. The van der Waals surface area contributed by atoms with Crippen LogP contribution in [-0.4, -0.2) is 34.1 Å². The fourth-order valence-corrected chi connectivity index (χ4v) is 2.20. The maximum atomic E-state index is 12.8. The predicted molar refractivity (Wildman–Crippen MR) is 75.3 cm³/mol. The van der Waals surface area contributed by atoms with Crippen LogP contribution in [0.3, 0.4) is 0 Å². The van der Waals surface area contributed by atoms with E-state index in [4.69, 9.17) is 0 Å². The van der Waals surface area contributed by atoms with Crippen molar-refractivity contribution in [2.24, 2.45) is 5.92 Å². The summed E-state index contributed by atoms with van der Waals surface area (Å²) in [6.45, 7) is 10.3. The predicted octanol–water partition coefficient (Wildman–Crippen LogP) is 3.01. The number of aliphatic hydroxyl groups is 1. The topological polar surface area (TPSA) is 36.4 Å². The highest BCUT2D eigenvalue weighted by atomic mass is 19.1. The number of aromatic nitrogens is 1. The van der Waals surface area contributed by atoms with E-state index in [1.807, 2.05) is 6.92 Å². The molecule has 4 heteroatoms. The molecule has 0 aliphatic rings. The highest BCUT2D eigenvalue weighted by Gasteiger charge is 2.21. The number of hydrogen-bond acceptors (Lipinski definition) is 3. The van der Waals surface area contributed by atoms with Gasteiger partial charge in [-0.3, -0.25) is 4.98 Å². The van der Waals surface area contributed by atoms with E-state index in [1.54, 1.807) is 6.07 Å². The Bertz CT molecular complexity index is 369. The molecule has 1 heterocycles. The van der Waals surface area contributed by atoms with Gasteiger partial charge in [0.2, 0.25) is 0 Å². The molecule has 0 amide bonds. The van der Waals surface area contributed by atoms with Crippen LogP contribution in [0.5, 0.6) is 0 Å². The molecule has 0 aromatic carbocycles. The first-order chi connectivity index (χ1) is 8.99. The van der Waals surface area contributed by atoms with Gasteiger partial charge in [0.05, 0.1) is 18.0 Å². The first-order valence-electron chi connectivity index (χ1n) is 7.03. The average Bonchev–Trinajstić information content (AvgIpc) is 2.43. The van der Waals surface area contributed by atoms with Crippen molar-refractivity contribution in [3.63, 3.8) is 0 Å². The highest BCUT2D eigenvalue weighted by Crippen LogP contribution is 2.22. The lowest BCUT2D eigenvalue weighted by Crippen LogP contribution is -2.37. The monoisotopic (exact) mass is 268 g/mol. The largest absolute Gasteiger partial charge is 0.386 e. The van der Waals surface area contributed by atoms with Crippen LogP contribution < -0.4 is 0 Å². The third-order valence-corrected chi connectivity index (χ3v) is 3.74. The van der Waals surface area contributed by atoms with Gasteiger partial charge >= 0.3 is 0 Å². The number of rotatable bonds is 7. The van der Waals surface area contributed by atoms with Crippen LogP contribution in [0.15, 0.2) is 18.3 Å². The van der Waals surface area contributed by atoms with E-state index in [1.165, 1.54) is 6.07 Å². The van der Waals surface area contributed by atoms with E-state index in [0.717, 1.165) is 25.7 Å². The lowest BCUT2D eigenvalue weighted by atomic mass is 9.99. The molecule has 3 unspecified atom stereocenters. The number of halogens is 1. The summed E-state index contributed by atoms with van der Waals surface area (Å²) in [6.07, 6.45) is 1.59. The van der Waals surface area contributed by atoms with Crippen molar-refractivity contribution in [3.8, 4) is 0 Å². The standard InChI is InChI=1S/C15H25FN2O/c1-5-12(4)18(6-2)10-11(3)15(19)14-8-7-13(16)9-17-14/h7-9,11-12,15,19H,5-6,10H2,1-4H3. The van der Waals surface area contributed by atoms with Gasteiger partial charge in [-0.15, -0.1) is 0 Å². The molecule has 0 fully saturated rings. The first-order valence-corrected chi connectivity index (χ1v) is 7.03. The lowest BCUT2D eigenvalue weighted by Gasteiger charge is -2.31. The van der Waals surface area contributed by atoms with Gasteiger partial charge in [0.1, 0.15) is 5.82 Å². The van der Waals surface area contributed by atoms with Gasteiger partial charge in [0.15, 0.2) is 0 Å². The molecule has 3 nitrogen and oxygen atoms in total. The normalized spacial score (nSPS) is 16.4. The molecule has 0 radical (unpaired) electrons. The Morgan fingerprint density at radius 3 is 2.47 bits per heavy atom. The summed E-state index contributed by atoms with van der Waals surface area (Å²) >= 11 is 0. The molecule has 3 atom stereocenters. The van der Waals surface area contributed by atoms with Gasteiger partial charge in [-0.1, -0.05) is 20.8 Å². The van der Waals surface area contributed by atoms with Gasteiger partial charge in [-0.2, -0.15) is 0 Å². The van der Waals surface area contributed by atoms with Crippen LogP contribution in [-0.2, 0) is 0 Å². The molecule has 1 rings (SSSR count). The van der Waals surface area contributed by atoms with Crippen molar-refractivity contribution < 1.29 is 9.50 Å². The fourth-order valence-electron chi connectivity index (χ4n) is 2.20. The molecule has 108 valence electrons. The van der Waals surface area contributed by atoms with Crippen LogP contribution in [0.2, 0.25) is 0 Å². The Kier molecular flexibility index (Phi) is 6.38. The minimum Gasteiger partial charge on any atom is -0.386 e. The zero-order valence-corrected chi connectivity index (χ0v) is 12.3. The van der Waals surface area contributed by atoms with Gasteiger partial charge in [-0.25, -0.2) is 4.39 Å². The lowest BCUT2D eigenvalue weighted by molar-refractivity contribution is 0.0742. The Hall–Kier alpha value is -1.00. The van der Waals surface area contributed by atoms with Gasteiger partial charge in [0, 0.05) is 18.5 Å². The van der Waals surface area contributed by atoms with Crippen LogP contribution in [0.1, 0.15) is 45.9 Å². The van der Waals surface area contributed by atoms with Gasteiger partial charge < -0.3 is 10.0 Å². The van der Waals surface area contributed by atoms with E-state index >= 15 is 0 Å². The molecule has 0 aliphatic heterocycles. The fraction of sp³-hybridized carbons (Fsp3) is 0.667. The van der Waals surface area contributed by atoms with Gasteiger partial charge in [-0.05, 0) is 32.0 Å². The van der Waals surface area contributed by atoms with Crippen molar-refractivity contribution in [3.05, 3.63) is 29.8 Å². The molecule has 1 N–H and O–H groups in total. The van der Waals surface area contributed by atoms with E-state index in [2.05, 4.69) is 30.7 Å². The molecule has 0 saturated carbocycles. The second-order valence-corrected chi connectivity index (χ2v) is 5.17. The molecule has 0 aliphatic carbocycles. The maximum Gasteiger partial charge on any atom is 0.141 e. The molecule has 0 saturated heterocycles. The van der Waals surface area contributed by atoms with Crippen LogP contribution in [0, 0.1) is 11.7 Å². The highest BCUT2D eigenvalue weighted by molar-refractivity contribution is 5.08. The number of pyridine rings is 1. The molecule has 19 heavy (non-hydrogen) atoms. The van der Waals surface area contributed by atoms with E-state index < -0.39 is 6.10 Å². The maximum absolute atomic E-state index is 12.8. The summed E-state index contributed by atoms with van der Waals surface area (Å²) in [5.74, 6) is -0.315. The van der Waals surface area contributed by atoms with Crippen molar-refractivity contribution in [2.75, 3.05) is 13.1 Å². The Labute approximate surface area is 115 Å². The summed E-state index contributed by atoms with van der Waals surface area (Å²) in [7, 11) is 0. The minimum atomic E-state index is -0.654. The third kappa shape index (κ3) is 4.55.